The zero-order chi connectivity index (χ0) is 27.2. The molecule has 5 aliphatic rings. The van der Waals surface area contributed by atoms with Crippen LogP contribution in [0.3, 0.4) is 0 Å². The summed E-state index contributed by atoms with van der Waals surface area (Å²) in [6.45, 7) is 13.2. The van der Waals surface area contributed by atoms with E-state index in [2.05, 4.69) is 27.7 Å². The first kappa shape index (κ1) is 27.2. The molecule has 0 unspecified atom stereocenters. The van der Waals surface area contributed by atoms with Crippen molar-refractivity contribution in [3.63, 3.8) is 0 Å². The number of aliphatic hydroxyl groups excluding tert-OH is 2. The Morgan fingerprint density at radius 1 is 0.919 bits per heavy atom. The van der Waals surface area contributed by atoms with E-state index < -0.39 is 29.0 Å². The van der Waals surface area contributed by atoms with E-state index in [1.54, 1.807) is 6.92 Å². The van der Waals surface area contributed by atoms with Crippen LogP contribution >= 0.6 is 0 Å². The third-order valence-electron chi connectivity index (χ3n) is 12.5. The quantitative estimate of drug-likeness (QED) is 0.338. The topological polar surface area (TPSA) is 104 Å². The maximum absolute atomic E-state index is 13.5. The van der Waals surface area contributed by atoms with Crippen LogP contribution in [0, 0.1) is 44.8 Å². The number of aliphatic carboxylic acids is 1. The standard InChI is InChI=1S/C31H48O6/c1-7-37-26(36)31-13-10-19-18(20(31)16-27(2,3)14-15-31)8-9-22-28(19,4)12-11-23-29(22,5)17-21(32)24(33)30(23,6)25(34)35/h20-24,32-33H,7-17H2,1-6H3,(H,34,35)/t20-,21-,22-,23+,24-,28-,29+,30-,31+/m0/s1. The van der Waals surface area contributed by atoms with Crippen molar-refractivity contribution in [2.24, 2.45) is 44.8 Å². The lowest BCUT2D eigenvalue weighted by molar-refractivity contribution is -0.224. The Morgan fingerprint density at radius 2 is 1.62 bits per heavy atom. The largest absolute Gasteiger partial charge is 0.481 e. The molecule has 37 heavy (non-hydrogen) atoms. The van der Waals surface area contributed by atoms with Gasteiger partial charge in [0.25, 0.3) is 0 Å². The molecule has 0 aliphatic heterocycles. The molecule has 0 spiro atoms. The number of hydrogen-bond donors (Lipinski definition) is 3. The molecule has 0 saturated heterocycles. The van der Waals surface area contributed by atoms with Crippen LogP contribution in [0.1, 0.15) is 106 Å². The second-order valence-electron chi connectivity index (χ2n) is 14.7. The fourth-order valence-corrected chi connectivity index (χ4v) is 10.6. The molecule has 0 bridgehead atoms. The van der Waals surface area contributed by atoms with E-state index in [1.807, 2.05) is 6.92 Å². The van der Waals surface area contributed by atoms with Crippen molar-refractivity contribution in [1.82, 2.24) is 0 Å². The van der Waals surface area contributed by atoms with Crippen LogP contribution in [0.2, 0.25) is 0 Å². The first-order valence-electron chi connectivity index (χ1n) is 14.7. The maximum Gasteiger partial charge on any atom is 0.312 e. The monoisotopic (exact) mass is 516 g/mol. The van der Waals surface area contributed by atoms with Crippen LogP contribution in [0.4, 0.5) is 0 Å². The van der Waals surface area contributed by atoms with Gasteiger partial charge in [0.05, 0.1) is 29.6 Å². The number of carbonyl (C=O) groups is 2. The molecule has 208 valence electrons. The molecule has 0 amide bonds. The molecule has 5 aliphatic carbocycles. The zero-order valence-electron chi connectivity index (χ0n) is 23.7. The molecular weight excluding hydrogens is 468 g/mol. The summed E-state index contributed by atoms with van der Waals surface area (Å²) < 4.78 is 5.71. The molecule has 0 radical (unpaired) electrons. The van der Waals surface area contributed by atoms with Gasteiger partial charge in [0.1, 0.15) is 0 Å². The fourth-order valence-electron chi connectivity index (χ4n) is 10.6. The Bertz CT molecular complexity index is 1020. The van der Waals surface area contributed by atoms with Gasteiger partial charge < -0.3 is 20.1 Å². The van der Waals surface area contributed by atoms with Crippen LogP contribution in [0.15, 0.2) is 11.1 Å². The van der Waals surface area contributed by atoms with Crippen molar-refractivity contribution in [3.8, 4) is 0 Å². The van der Waals surface area contributed by atoms with E-state index in [9.17, 15) is 24.9 Å². The zero-order valence-corrected chi connectivity index (χ0v) is 23.7. The number of carbonyl (C=O) groups excluding carboxylic acids is 1. The molecule has 0 aromatic heterocycles. The van der Waals surface area contributed by atoms with Crippen LogP contribution < -0.4 is 0 Å². The minimum atomic E-state index is -1.36. The molecular formula is C31H48O6. The van der Waals surface area contributed by atoms with Gasteiger partial charge in [-0.05, 0) is 112 Å². The Labute approximate surface area is 222 Å². The number of carboxylic acids is 1. The third kappa shape index (κ3) is 3.56. The highest BCUT2D eigenvalue weighted by Gasteiger charge is 2.68. The van der Waals surface area contributed by atoms with Crippen molar-refractivity contribution in [1.29, 1.82) is 0 Å². The van der Waals surface area contributed by atoms with Gasteiger partial charge in [-0.25, -0.2) is 0 Å². The number of aliphatic hydroxyl groups is 2. The van der Waals surface area contributed by atoms with Gasteiger partial charge in [0.2, 0.25) is 0 Å². The van der Waals surface area contributed by atoms with Gasteiger partial charge >= 0.3 is 11.9 Å². The lowest BCUT2D eigenvalue weighted by Gasteiger charge is -2.67. The second-order valence-corrected chi connectivity index (χ2v) is 14.7. The molecule has 0 aromatic rings. The number of fused-ring (bicyclic) bond motifs is 6. The molecule has 9 atom stereocenters. The Kier molecular flexibility index (Phi) is 6.28. The lowest BCUT2D eigenvalue weighted by atomic mass is 9.38. The van der Waals surface area contributed by atoms with E-state index in [4.69, 9.17) is 4.74 Å². The van der Waals surface area contributed by atoms with Gasteiger partial charge in [0.15, 0.2) is 0 Å². The average Bonchev–Trinajstić information content (AvgIpc) is 2.81. The van der Waals surface area contributed by atoms with E-state index in [0.29, 0.717) is 13.0 Å². The Hall–Kier alpha value is -1.40. The van der Waals surface area contributed by atoms with Crippen molar-refractivity contribution in [2.45, 2.75) is 118 Å². The van der Waals surface area contributed by atoms with E-state index in [1.165, 1.54) is 11.1 Å². The summed E-state index contributed by atoms with van der Waals surface area (Å²) in [6.07, 6.45) is 6.32. The fraction of sp³-hybridized carbons (Fsp3) is 0.871. The minimum Gasteiger partial charge on any atom is -0.481 e. The molecule has 3 N–H and O–H groups in total. The summed E-state index contributed by atoms with van der Waals surface area (Å²) in [6, 6.07) is 0. The van der Waals surface area contributed by atoms with Crippen molar-refractivity contribution >= 4 is 11.9 Å². The number of rotatable bonds is 3. The van der Waals surface area contributed by atoms with Crippen LogP contribution in [-0.2, 0) is 14.3 Å². The first-order chi connectivity index (χ1) is 17.2. The van der Waals surface area contributed by atoms with Gasteiger partial charge in [-0.1, -0.05) is 38.8 Å². The summed E-state index contributed by atoms with van der Waals surface area (Å²) in [5.74, 6) is -0.746. The number of carboxylic acid groups (broad SMARTS) is 1. The van der Waals surface area contributed by atoms with E-state index in [-0.39, 0.29) is 40.0 Å². The summed E-state index contributed by atoms with van der Waals surface area (Å²) in [4.78, 5) is 26.0. The predicted octanol–water partition coefficient (Wildman–Crippen LogP) is 5.50. The van der Waals surface area contributed by atoms with Crippen LogP contribution in [-0.4, -0.2) is 46.1 Å². The highest BCUT2D eigenvalue weighted by atomic mass is 16.5. The number of hydrogen-bond acceptors (Lipinski definition) is 5. The first-order valence-corrected chi connectivity index (χ1v) is 14.7. The van der Waals surface area contributed by atoms with Crippen LogP contribution in [0.25, 0.3) is 0 Å². The summed E-state index contributed by atoms with van der Waals surface area (Å²) in [5, 5.41) is 32.1. The molecule has 3 saturated carbocycles. The third-order valence-corrected chi connectivity index (χ3v) is 12.5. The summed E-state index contributed by atoms with van der Waals surface area (Å²) >= 11 is 0. The minimum absolute atomic E-state index is 0.00777. The smallest absolute Gasteiger partial charge is 0.312 e. The summed E-state index contributed by atoms with van der Waals surface area (Å²) in [7, 11) is 0. The normalized spacial score (nSPS) is 48.7. The maximum atomic E-state index is 13.5. The lowest BCUT2D eigenvalue weighted by Crippen LogP contribution is -2.66. The molecule has 6 nitrogen and oxygen atoms in total. The predicted molar refractivity (Wildman–Crippen MR) is 140 cm³/mol. The van der Waals surface area contributed by atoms with Gasteiger partial charge in [0, 0.05) is 0 Å². The van der Waals surface area contributed by atoms with Gasteiger partial charge in [-0.2, -0.15) is 0 Å². The van der Waals surface area contributed by atoms with E-state index >= 15 is 0 Å². The van der Waals surface area contributed by atoms with Crippen LogP contribution in [0.5, 0.6) is 0 Å². The van der Waals surface area contributed by atoms with E-state index in [0.717, 1.165) is 57.8 Å². The van der Waals surface area contributed by atoms with Gasteiger partial charge in [-0.15, -0.1) is 0 Å². The number of allylic oxidation sites excluding steroid dienone is 2. The number of esters is 1. The Morgan fingerprint density at radius 3 is 2.27 bits per heavy atom. The molecule has 5 rings (SSSR count). The summed E-state index contributed by atoms with van der Waals surface area (Å²) in [5.41, 5.74) is 0.962. The molecule has 6 heteroatoms. The highest BCUT2D eigenvalue weighted by molar-refractivity contribution is 5.79. The second kappa shape index (κ2) is 8.55. The molecule has 0 aromatic carbocycles. The molecule has 0 heterocycles. The molecule has 3 fully saturated rings. The average molecular weight is 517 g/mol. The SMILES string of the molecule is CCOC(=O)[C@@]12CCC3=C(CC[C@@H]4[C@@]5(C)C[C@H](O)[C@H](O)[C@@](C)(C(=O)O)[C@@H]5CC[C@@]34C)[C@@H]1CC(C)(C)CC2. The highest BCUT2D eigenvalue weighted by Crippen LogP contribution is 2.71. The van der Waals surface area contributed by atoms with Crippen molar-refractivity contribution in [2.75, 3.05) is 6.61 Å². The van der Waals surface area contributed by atoms with Crippen molar-refractivity contribution < 1.29 is 29.6 Å². The number of ether oxygens (including phenoxy) is 1. The Balaban J connectivity index is 1.58. The van der Waals surface area contributed by atoms with Crippen molar-refractivity contribution in [3.05, 3.63) is 11.1 Å². The van der Waals surface area contributed by atoms with Gasteiger partial charge in [-0.3, -0.25) is 9.59 Å².